The first-order valence-corrected chi connectivity index (χ1v) is 5.35. The second kappa shape index (κ2) is 5.51. The Bertz CT molecular complexity index is 458. The van der Waals surface area contributed by atoms with Crippen LogP contribution in [0.25, 0.3) is 0 Å². The lowest BCUT2D eigenvalue weighted by Crippen LogP contribution is -2.26. The van der Waals surface area contributed by atoms with E-state index in [1.54, 1.807) is 19.3 Å². The Labute approximate surface area is 98.7 Å². The van der Waals surface area contributed by atoms with Gasteiger partial charge in [-0.2, -0.15) is 4.98 Å². The summed E-state index contributed by atoms with van der Waals surface area (Å²) in [6.45, 7) is 2.24. The van der Waals surface area contributed by atoms with Gasteiger partial charge in [-0.25, -0.2) is 0 Å². The van der Waals surface area contributed by atoms with Crippen molar-refractivity contribution in [1.29, 1.82) is 0 Å². The van der Waals surface area contributed by atoms with Crippen molar-refractivity contribution in [2.45, 2.75) is 13.0 Å². The molecule has 0 unspecified atom stereocenters. The summed E-state index contributed by atoms with van der Waals surface area (Å²) in [7, 11) is 0. The summed E-state index contributed by atoms with van der Waals surface area (Å²) >= 11 is 0. The monoisotopic (exact) mass is 234 g/mol. The summed E-state index contributed by atoms with van der Waals surface area (Å²) < 4.78 is 4.96. The Morgan fingerprint density at radius 3 is 3.00 bits per heavy atom. The Kier molecular flexibility index (Phi) is 3.79. The van der Waals surface area contributed by atoms with Crippen molar-refractivity contribution in [3.05, 3.63) is 41.8 Å². The van der Waals surface area contributed by atoms with E-state index in [9.17, 15) is 0 Å². The molecule has 2 N–H and O–H groups in total. The van der Waals surface area contributed by atoms with Crippen molar-refractivity contribution >= 4 is 0 Å². The van der Waals surface area contributed by atoms with Crippen LogP contribution in [0.5, 0.6) is 0 Å². The molecule has 0 aliphatic carbocycles. The van der Waals surface area contributed by atoms with E-state index in [2.05, 4.69) is 20.4 Å². The summed E-state index contributed by atoms with van der Waals surface area (Å²) in [6, 6.07) is 3.55. The fourth-order valence-corrected chi connectivity index (χ4v) is 1.55. The summed E-state index contributed by atoms with van der Waals surface area (Å²) in [4.78, 5) is 8.25. The SMILES string of the molecule is Cc1nc([C@@H](NCCO)c2cccnc2)no1. The van der Waals surface area contributed by atoms with E-state index < -0.39 is 0 Å². The number of hydrogen-bond acceptors (Lipinski definition) is 6. The number of aliphatic hydroxyl groups is 1. The van der Waals surface area contributed by atoms with Crippen LogP contribution in [0.1, 0.15) is 23.3 Å². The molecule has 2 aromatic rings. The van der Waals surface area contributed by atoms with Gasteiger partial charge >= 0.3 is 0 Å². The molecule has 1 atom stereocenters. The van der Waals surface area contributed by atoms with Gasteiger partial charge in [0, 0.05) is 25.9 Å². The predicted octanol–water partition coefficient (Wildman–Crippen LogP) is 0.444. The topological polar surface area (TPSA) is 84.1 Å². The first-order valence-electron chi connectivity index (χ1n) is 5.35. The normalized spacial score (nSPS) is 12.6. The molecule has 0 aliphatic rings. The smallest absolute Gasteiger partial charge is 0.223 e. The quantitative estimate of drug-likeness (QED) is 0.781. The lowest BCUT2D eigenvalue weighted by molar-refractivity contribution is 0.286. The third-order valence-corrected chi connectivity index (χ3v) is 2.28. The van der Waals surface area contributed by atoms with Crippen LogP contribution in [0.15, 0.2) is 29.0 Å². The number of aromatic nitrogens is 3. The maximum Gasteiger partial charge on any atom is 0.223 e. The van der Waals surface area contributed by atoms with Crippen LogP contribution >= 0.6 is 0 Å². The van der Waals surface area contributed by atoms with Gasteiger partial charge in [-0.3, -0.25) is 4.98 Å². The van der Waals surface area contributed by atoms with E-state index in [1.807, 2.05) is 12.1 Å². The molecule has 6 nitrogen and oxygen atoms in total. The molecule has 0 aromatic carbocycles. The van der Waals surface area contributed by atoms with Gasteiger partial charge in [0.1, 0.15) is 0 Å². The highest BCUT2D eigenvalue weighted by molar-refractivity contribution is 5.20. The highest BCUT2D eigenvalue weighted by Gasteiger charge is 2.18. The van der Waals surface area contributed by atoms with E-state index in [4.69, 9.17) is 9.63 Å². The van der Waals surface area contributed by atoms with Crippen molar-refractivity contribution < 1.29 is 9.63 Å². The zero-order valence-corrected chi connectivity index (χ0v) is 9.50. The van der Waals surface area contributed by atoms with Gasteiger partial charge in [-0.1, -0.05) is 11.2 Å². The summed E-state index contributed by atoms with van der Waals surface area (Å²) in [6.07, 6.45) is 3.44. The van der Waals surface area contributed by atoms with Crippen molar-refractivity contribution in [3.63, 3.8) is 0 Å². The minimum Gasteiger partial charge on any atom is -0.395 e. The standard InChI is InChI=1S/C11H14N4O2/c1-8-14-11(15-17-8)10(13-5-6-16)9-3-2-4-12-7-9/h2-4,7,10,13,16H,5-6H2,1H3/t10-/m0/s1. The predicted molar refractivity (Wildman–Crippen MR) is 60.2 cm³/mol. The largest absolute Gasteiger partial charge is 0.395 e. The first kappa shape index (κ1) is 11.7. The van der Waals surface area contributed by atoms with E-state index in [-0.39, 0.29) is 12.6 Å². The van der Waals surface area contributed by atoms with Gasteiger partial charge in [0.05, 0.1) is 12.6 Å². The van der Waals surface area contributed by atoms with Gasteiger partial charge in [-0.15, -0.1) is 0 Å². The molecule has 6 heteroatoms. The van der Waals surface area contributed by atoms with E-state index in [0.717, 1.165) is 5.56 Å². The van der Waals surface area contributed by atoms with Crippen LogP contribution in [0.3, 0.4) is 0 Å². The number of nitrogens with one attached hydrogen (secondary N) is 1. The fourth-order valence-electron chi connectivity index (χ4n) is 1.55. The molecule has 0 fully saturated rings. The van der Waals surface area contributed by atoms with E-state index in [0.29, 0.717) is 18.3 Å². The molecule has 90 valence electrons. The summed E-state index contributed by atoms with van der Waals surface area (Å²) in [5.74, 6) is 1.06. The summed E-state index contributed by atoms with van der Waals surface area (Å²) in [5.41, 5.74) is 0.932. The number of aliphatic hydroxyl groups excluding tert-OH is 1. The highest BCUT2D eigenvalue weighted by Crippen LogP contribution is 2.18. The van der Waals surface area contributed by atoms with Crippen LogP contribution in [0.2, 0.25) is 0 Å². The van der Waals surface area contributed by atoms with Crippen LogP contribution in [-0.4, -0.2) is 33.4 Å². The van der Waals surface area contributed by atoms with Gasteiger partial charge in [-0.05, 0) is 11.6 Å². The average molecular weight is 234 g/mol. The van der Waals surface area contributed by atoms with Crippen molar-refractivity contribution in [1.82, 2.24) is 20.4 Å². The first-order chi connectivity index (χ1) is 8.31. The molecule has 2 aromatic heterocycles. The molecular formula is C11H14N4O2. The molecule has 0 amide bonds. The van der Waals surface area contributed by atoms with Gasteiger partial charge in [0.25, 0.3) is 0 Å². The molecule has 0 bridgehead atoms. The number of rotatable bonds is 5. The second-order valence-corrected chi connectivity index (χ2v) is 3.57. The fraction of sp³-hybridized carbons (Fsp3) is 0.364. The zero-order valence-electron chi connectivity index (χ0n) is 9.50. The number of pyridine rings is 1. The van der Waals surface area contributed by atoms with Crippen molar-refractivity contribution in [3.8, 4) is 0 Å². The maximum absolute atomic E-state index is 8.87. The molecule has 0 spiro atoms. The van der Waals surface area contributed by atoms with E-state index >= 15 is 0 Å². The Morgan fingerprint density at radius 2 is 2.41 bits per heavy atom. The molecule has 17 heavy (non-hydrogen) atoms. The van der Waals surface area contributed by atoms with Crippen LogP contribution < -0.4 is 5.32 Å². The molecule has 0 saturated carbocycles. The Balaban J connectivity index is 2.25. The van der Waals surface area contributed by atoms with Crippen LogP contribution in [-0.2, 0) is 0 Å². The van der Waals surface area contributed by atoms with Crippen molar-refractivity contribution in [2.24, 2.45) is 0 Å². The van der Waals surface area contributed by atoms with Gasteiger partial charge in [0.15, 0.2) is 5.82 Å². The minimum atomic E-state index is -0.215. The average Bonchev–Trinajstić information content (AvgIpc) is 2.78. The minimum absolute atomic E-state index is 0.0492. The lowest BCUT2D eigenvalue weighted by atomic mass is 10.1. The van der Waals surface area contributed by atoms with Gasteiger partial charge < -0.3 is 14.9 Å². The number of aryl methyl sites for hydroxylation is 1. The van der Waals surface area contributed by atoms with E-state index in [1.165, 1.54) is 0 Å². The molecular weight excluding hydrogens is 220 g/mol. The molecule has 0 aliphatic heterocycles. The highest BCUT2D eigenvalue weighted by atomic mass is 16.5. The lowest BCUT2D eigenvalue weighted by Gasteiger charge is -2.14. The second-order valence-electron chi connectivity index (χ2n) is 3.57. The zero-order chi connectivity index (χ0) is 12.1. The van der Waals surface area contributed by atoms with Crippen molar-refractivity contribution in [2.75, 3.05) is 13.2 Å². The van der Waals surface area contributed by atoms with Crippen LogP contribution in [0.4, 0.5) is 0 Å². The molecule has 2 heterocycles. The van der Waals surface area contributed by atoms with Crippen LogP contribution in [0, 0.1) is 6.92 Å². The third kappa shape index (κ3) is 2.86. The molecule has 0 radical (unpaired) electrons. The Hall–Kier alpha value is -1.79. The van der Waals surface area contributed by atoms with Gasteiger partial charge in [0.2, 0.25) is 5.89 Å². The molecule has 0 saturated heterocycles. The molecule has 2 rings (SSSR count). The third-order valence-electron chi connectivity index (χ3n) is 2.28. The maximum atomic E-state index is 8.87. The number of nitrogens with zero attached hydrogens (tertiary/aromatic N) is 3. The summed E-state index contributed by atoms with van der Waals surface area (Å²) in [5, 5.41) is 15.9. The Morgan fingerprint density at radius 1 is 1.53 bits per heavy atom. The number of hydrogen-bond donors (Lipinski definition) is 2.